The number of nitrogens with zero attached hydrogens (tertiary/aromatic N) is 1. The van der Waals surface area contributed by atoms with Gasteiger partial charge in [-0.25, -0.2) is 0 Å². The molecule has 5 aliphatic rings. The zero-order valence-electron chi connectivity index (χ0n) is 22.0. The molecule has 1 saturated carbocycles. The predicted octanol–water partition coefficient (Wildman–Crippen LogP) is 3.94. The number of likely N-dealkylation sites (N-methyl/N-ethyl adjacent to an activating group) is 1. The van der Waals surface area contributed by atoms with Crippen LogP contribution in [0.25, 0.3) is 16.3 Å². The number of hydrogen-bond acceptors (Lipinski definition) is 5. The second kappa shape index (κ2) is 7.54. The van der Waals surface area contributed by atoms with E-state index >= 15 is 0 Å². The topological polar surface area (TPSA) is 85.8 Å². The number of ether oxygens (including phenoxy) is 1. The third kappa shape index (κ3) is 2.98. The molecule has 3 heterocycles. The smallest absolute Gasteiger partial charge is 0.248 e. The lowest BCUT2D eigenvalue weighted by Crippen LogP contribution is -2.62. The molecule has 7 rings (SSSR count). The molecule has 2 spiro atoms. The van der Waals surface area contributed by atoms with Gasteiger partial charge < -0.3 is 24.8 Å². The number of nitrogens with one attached hydrogen (secondary N) is 1. The van der Waals surface area contributed by atoms with Crippen LogP contribution in [0.5, 0.6) is 0 Å². The number of aliphatic hydroxyl groups excluding tert-OH is 2. The molecule has 7 atom stereocenters. The largest absolute Gasteiger partial charge is 0.388 e. The zero-order chi connectivity index (χ0) is 25.9. The van der Waals surface area contributed by atoms with Crippen LogP contribution in [0.4, 0.5) is 0 Å². The summed E-state index contributed by atoms with van der Waals surface area (Å²) in [7, 11) is 3.94. The van der Waals surface area contributed by atoms with Gasteiger partial charge in [0.25, 0.3) is 0 Å². The van der Waals surface area contributed by atoms with Crippen LogP contribution >= 0.6 is 0 Å². The molecule has 3 aliphatic carbocycles. The SMILES string of the molecule is CC1=C2C=C3C(O)C(O)C(N(C)C)CC34CCC2(O4)C2CC=C(c3ccc4c[nH]c(=O)cc4c3)C2(C)C1. The number of aliphatic hydroxyl groups is 2. The first-order chi connectivity index (χ1) is 17.6. The van der Waals surface area contributed by atoms with Gasteiger partial charge in [0.15, 0.2) is 0 Å². The molecule has 3 N–H and O–H groups in total. The highest BCUT2D eigenvalue weighted by atomic mass is 16.5. The van der Waals surface area contributed by atoms with E-state index < -0.39 is 17.8 Å². The van der Waals surface area contributed by atoms with Crippen molar-refractivity contribution in [1.29, 1.82) is 0 Å². The molecular weight excluding hydrogens is 464 g/mol. The highest BCUT2D eigenvalue weighted by Crippen LogP contribution is 2.69. The van der Waals surface area contributed by atoms with E-state index in [0.29, 0.717) is 12.3 Å². The standard InChI is InChI=1S/C31H36N2O4/c1-17-14-29(2)21(18-5-6-19-16-32-26(34)12-20(19)11-18)7-8-25(29)31-10-9-30(37-31)15-24(33(3)4)28(36)27(35)23(30)13-22(17)31/h5-7,11-13,16,24-25,27-28,35-36H,8-10,14-15H2,1-4H3,(H,32,34). The summed E-state index contributed by atoms with van der Waals surface area (Å²) in [5.74, 6) is 0.294. The minimum Gasteiger partial charge on any atom is -0.388 e. The predicted molar refractivity (Wildman–Crippen MR) is 144 cm³/mol. The number of hydrogen-bond donors (Lipinski definition) is 3. The maximum absolute atomic E-state index is 12.0. The van der Waals surface area contributed by atoms with Crippen molar-refractivity contribution >= 4 is 16.3 Å². The van der Waals surface area contributed by atoms with Crippen LogP contribution in [0, 0.1) is 11.3 Å². The molecular formula is C31H36N2O4. The first-order valence-corrected chi connectivity index (χ1v) is 13.6. The van der Waals surface area contributed by atoms with E-state index in [1.165, 1.54) is 22.3 Å². The lowest BCUT2D eigenvalue weighted by atomic mass is 9.56. The average Bonchev–Trinajstić information content (AvgIpc) is 3.36. The molecule has 6 heteroatoms. The fourth-order valence-corrected chi connectivity index (χ4v) is 8.78. The Balaban J connectivity index is 1.33. The van der Waals surface area contributed by atoms with Crippen LogP contribution in [-0.4, -0.2) is 63.6 Å². The third-order valence-corrected chi connectivity index (χ3v) is 10.4. The van der Waals surface area contributed by atoms with Crippen LogP contribution in [0.2, 0.25) is 0 Å². The molecule has 2 aromatic rings. The number of benzene rings is 1. The lowest BCUT2D eigenvalue weighted by Gasteiger charge is -2.56. The van der Waals surface area contributed by atoms with Gasteiger partial charge in [-0.1, -0.05) is 36.8 Å². The van der Waals surface area contributed by atoms with Gasteiger partial charge in [0.05, 0.1) is 17.3 Å². The second-order valence-corrected chi connectivity index (χ2v) is 12.6. The van der Waals surface area contributed by atoms with Gasteiger partial charge in [-0.2, -0.15) is 0 Å². The van der Waals surface area contributed by atoms with Crippen LogP contribution in [-0.2, 0) is 4.74 Å². The molecule has 2 aliphatic heterocycles. The molecule has 2 fully saturated rings. The zero-order valence-corrected chi connectivity index (χ0v) is 22.0. The Morgan fingerprint density at radius 2 is 1.95 bits per heavy atom. The van der Waals surface area contributed by atoms with Gasteiger partial charge in [0, 0.05) is 29.6 Å². The van der Waals surface area contributed by atoms with E-state index in [1.54, 1.807) is 12.3 Å². The first kappa shape index (κ1) is 23.6. The Labute approximate surface area is 217 Å². The summed E-state index contributed by atoms with van der Waals surface area (Å²) in [6.07, 6.45) is 9.02. The minimum absolute atomic E-state index is 0.0839. The summed E-state index contributed by atoms with van der Waals surface area (Å²) in [6, 6.07) is 7.97. The quantitative estimate of drug-likeness (QED) is 0.582. The number of rotatable bonds is 2. The summed E-state index contributed by atoms with van der Waals surface area (Å²) in [5, 5.41) is 24.2. The highest BCUT2D eigenvalue weighted by Gasteiger charge is 2.68. The van der Waals surface area contributed by atoms with Gasteiger partial charge in [0.2, 0.25) is 5.56 Å². The fraction of sp³-hybridized carbons (Fsp3) is 0.516. The Morgan fingerprint density at radius 1 is 1.14 bits per heavy atom. The summed E-state index contributed by atoms with van der Waals surface area (Å²) in [4.78, 5) is 16.8. The molecule has 0 radical (unpaired) electrons. The Kier molecular flexibility index (Phi) is 4.81. The molecule has 7 unspecified atom stereocenters. The van der Waals surface area contributed by atoms with Crippen molar-refractivity contribution in [2.24, 2.45) is 11.3 Å². The molecule has 1 saturated heterocycles. The maximum Gasteiger partial charge on any atom is 0.248 e. The van der Waals surface area contributed by atoms with Crippen molar-refractivity contribution in [3.8, 4) is 0 Å². The van der Waals surface area contributed by atoms with Crippen molar-refractivity contribution in [1.82, 2.24) is 9.88 Å². The van der Waals surface area contributed by atoms with E-state index in [4.69, 9.17) is 4.74 Å². The Bertz CT molecular complexity index is 1480. The Hall–Kier alpha value is -2.51. The molecule has 194 valence electrons. The number of fused-ring (bicyclic) bond motifs is 2. The van der Waals surface area contributed by atoms with Gasteiger partial charge in [-0.05, 0) is 92.2 Å². The van der Waals surface area contributed by atoms with E-state index in [9.17, 15) is 15.0 Å². The molecule has 0 amide bonds. The van der Waals surface area contributed by atoms with Crippen molar-refractivity contribution < 1.29 is 14.9 Å². The summed E-state index contributed by atoms with van der Waals surface area (Å²) in [6.45, 7) is 4.61. The number of pyridine rings is 1. The van der Waals surface area contributed by atoms with Crippen molar-refractivity contribution in [2.75, 3.05) is 14.1 Å². The van der Waals surface area contributed by atoms with Crippen LogP contribution < -0.4 is 5.56 Å². The fourth-order valence-electron chi connectivity index (χ4n) is 8.78. The molecule has 2 bridgehead atoms. The van der Waals surface area contributed by atoms with Gasteiger partial charge in [-0.15, -0.1) is 0 Å². The van der Waals surface area contributed by atoms with Crippen molar-refractivity contribution in [3.05, 3.63) is 75.3 Å². The van der Waals surface area contributed by atoms with E-state index in [2.05, 4.69) is 49.2 Å². The molecule has 1 aromatic heterocycles. The number of aromatic amines is 1. The monoisotopic (exact) mass is 500 g/mol. The first-order valence-electron chi connectivity index (χ1n) is 13.6. The van der Waals surface area contributed by atoms with Crippen molar-refractivity contribution in [3.63, 3.8) is 0 Å². The lowest BCUT2D eigenvalue weighted by molar-refractivity contribution is -0.162. The van der Waals surface area contributed by atoms with Gasteiger partial charge in [0.1, 0.15) is 6.10 Å². The van der Waals surface area contributed by atoms with E-state index in [-0.39, 0.29) is 22.6 Å². The average molecular weight is 501 g/mol. The summed E-state index contributed by atoms with van der Waals surface area (Å²) < 4.78 is 7.30. The van der Waals surface area contributed by atoms with Crippen LogP contribution in [0.15, 0.2) is 64.1 Å². The number of aromatic nitrogens is 1. The second-order valence-electron chi connectivity index (χ2n) is 12.6. The van der Waals surface area contributed by atoms with Gasteiger partial charge >= 0.3 is 0 Å². The number of H-pyrrole nitrogens is 1. The number of allylic oxidation sites excluding steroid dienone is 3. The minimum atomic E-state index is -0.913. The summed E-state index contributed by atoms with van der Waals surface area (Å²) in [5.41, 5.74) is 4.85. The Morgan fingerprint density at radius 3 is 2.73 bits per heavy atom. The summed E-state index contributed by atoms with van der Waals surface area (Å²) >= 11 is 0. The van der Waals surface area contributed by atoms with E-state index in [0.717, 1.165) is 42.0 Å². The normalized spacial score (nSPS) is 40.4. The third-order valence-electron chi connectivity index (χ3n) is 10.4. The molecule has 6 nitrogen and oxygen atoms in total. The maximum atomic E-state index is 12.0. The van der Waals surface area contributed by atoms with Crippen molar-refractivity contribution in [2.45, 2.75) is 75.4 Å². The van der Waals surface area contributed by atoms with Crippen LogP contribution in [0.3, 0.4) is 0 Å². The highest BCUT2D eigenvalue weighted by molar-refractivity contribution is 5.87. The molecule has 37 heavy (non-hydrogen) atoms. The van der Waals surface area contributed by atoms with E-state index in [1.807, 2.05) is 19.0 Å². The van der Waals surface area contributed by atoms with Gasteiger partial charge in [-0.3, -0.25) is 4.79 Å². The van der Waals surface area contributed by atoms with Crippen LogP contribution in [0.1, 0.15) is 51.5 Å². The molecule has 1 aromatic carbocycles.